The van der Waals surface area contributed by atoms with Crippen LogP contribution in [0.25, 0.3) is 11.4 Å². The third-order valence-corrected chi connectivity index (χ3v) is 5.68. The molecule has 6 nitrogen and oxygen atoms in total. The molecule has 138 valence electrons. The molecule has 1 aromatic heterocycles. The molecule has 0 spiro atoms. The van der Waals surface area contributed by atoms with E-state index in [1.54, 1.807) is 7.11 Å². The van der Waals surface area contributed by atoms with Gasteiger partial charge in [0.25, 0.3) is 0 Å². The van der Waals surface area contributed by atoms with Crippen molar-refractivity contribution in [2.75, 3.05) is 13.7 Å². The first-order chi connectivity index (χ1) is 12.6. The van der Waals surface area contributed by atoms with Crippen LogP contribution >= 0.6 is 0 Å². The Morgan fingerprint density at radius 3 is 2.96 bits per heavy atom. The summed E-state index contributed by atoms with van der Waals surface area (Å²) in [5.41, 5.74) is 2.25. The van der Waals surface area contributed by atoms with E-state index in [1.165, 1.54) is 5.56 Å². The Hall–Kier alpha value is -2.21. The van der Waals surface area contributed by atoms with Crippen molar-refractivity contribution in [3.8, 4) is 11.4 Å². The van der Waals surface area contributed by atoms with Crippen LogP contribution in [0, 0.1) is 18.8 Å². The number of benzene rings is 1. The SMILES string of the molecule is COC1CC(CNC(=O)C2CCc3nnc(-c4cccc(C)c4)n3C2)C1. The second kappa shape index (κ2) is 7.19. The topological polar surface area (TPSA) is 69.0 Å². The number of ether oxygens (including phenoxy) is 1. The molecule has 1 amide bonds. The summed E-state index contributed by atoms with van der Waals surface area (Å²) in [6.07, 6.45) is 4.11. The molecule has 1 aliphatic carbocycles. The van der Waals surface area contributed by atoms with Gasteiger partial charge in [0, 0.05) is 32.2 Å². The largest absolute Gasteiger partial charge is 0.381 e. The summed E-state index contributed by atoms with van der Waals surface area (Å²) < 4.78 is 7.42. The van der Waals surface area contributed by atoms with Crippen LogP contribution < -0.4 is 5.32 Å². The van der Waals surface area contributed by atoms with Crippen molar-refractivity contribution in [2.24, 2.45) is 11.8 Å². The van der Waals surface area contributed by atoms with Crippen LogP contribution in [0.5, 0.6) is 0 Å². The molecular formula is C20H26N4O2. The number of fused-ring (bicyclic) bond motifs is 1. The molecule has 1 aromatic carbocycles. The van der Waals surface area contributed by atoms with E-state index in [9.17, 15) is 4.79 Å². The van der Waals surface area contributed by atoms with Crippen LogP contribution in [-0.4, -0.2) is 40.4 Å². The summed E-state index contributed by atoms with van der Waals surface area (Å²) in [4.78, 5) is 12.6. The fraction of sp³-hybridized carbons (Fsp3) is 0.550. The van der Waals surface area contributed by atoms with Gasteiger partial charge in [0.1, 0.15) is 5.82 Å². The van der Waals surface area contributed by atoms with Gasteiger partial charge in [-0.1, -0.05) is 23.8 Å². The van der Waals surface area contributed by atoms with E-state index in [4.69, 9.17) is 4.74 Å². The minimum atomic E-state index is -0.0136. The van der Waals surface area contributed by atoms with E-state index in [2.05, 4.69) is 45.2 Å². The summed E-state index contributed by atoms with van der Waals surface area (Å²) in [5, 5.41) is 11.9. The van der Waals surface area contributed by atoms with Crippen molar-refractivity contribution in [2.45, 2.75) is 45.3 Å². The lowest BCUT2D eigenvalue weighted by molar-refractivity contribution is -0.126. The van der Waals surface area contributed by atoms with Crippen molar-refractivity contribution < 1.29 is 9.53 Å². The number of carbonyl (C=O) groups excluding carboxylic acids is 1. The zero-order valence-corrected chi connectivity index (χ0v) is 15.4. The number of aryl methyl sites for hydroxylation is 2. The van der Waals surface area contributed by atoms with Gasteiger partial charge in [-0.05, 0) is 38.2 Å². The first-order valence-corrected chi connectivity index (χ1v) is 9.43. The number of aromatic nitrogens is 3. The molecular weight excluding hydrogens is 328 g/mol. The maximum absolute atomic E-state index is 12.6. The third kappa shape index (κ3) is 3.38. The minimum absolute atomic E-state index is 0.0136. The molecule has 2 aromatic rings. The van der Waals surface area contributed by atoms with Gasteiger partial charge < -0.3 is 14.6 Å². The molecule has 2 aliphatic rings. The summed E-state index contributed by atoms with van der Waals surface area (Å²) in [6, 6.07) is 8.27. The highest BCUT2D eigenvalue weighted by Gasteiger charge is 2.31. The molecule has 1 atom stereocenters. The molecule has 0 radical (unpaired) electrons. The second-order valence-electron chi connectivity index (χ2n) is 7.60. The smallest absolute Gasteiger partial charge is 0.224 e. The normalized spacial score (nSPS) is 24.6. The van der Waals surface area contributed by atoms with E-state index in [0.717, 1.165) is 49.4 Å². The zero-order chi connectivity index (χ0) is 18.1. The monoisotopic (exact) mass is 354 g/mol. The predicted molar refractivity (Wildman–Crippen MR) is 98.5 cm³/mol. The number of nitrogens with zero attached hydrogens (tertiary/aromatic N) is 3. The van der Waals surface area contributed by atoms with E-state index < -0.39 is 0 Å². The Labute approximate surface area is 154 Å². The summed E-state index contributed by atoms with van der Waals surface area (Å²) in [7, 11) is 1.75. The molecule has 6 heteroatoms. The quantitative estimate of drug-likeness (QED) is 0.895. The molecule has 1 unspecified atom stereocenters. The van der Waals surface area contributed by atoms with Crippen molar-refractivity contribution in [3.05, 3.63) is 35.7 Å². The summed E-state index contributed by atoms with van der Waals surface area (Å²) in [6.45, 7) is 3.49. The highest BCUT2D eigenvalue weighted by Crippen LogP contribution is 2.29. The Kier molecular flexibility index (Phi) is 4.76. The van der Waals surface area contributed by atoms with E-state index >= 15 is 0 Å². The van der Waals surface area contributed by atoms with Gasteiger partial charge in [-0.3, -0.25) is 4.79 Å². The Morgan fingerprint density at radius 1 is 1.35 bits per heavy atom. The van der Waals surface area contributed by atoms with Crippen LogP contribution in [0.15, 0.2) is 24.3 Å². The molecule has 1 N–H and O–H groups in total. The third-order valence-electron chi connectivity index (χ3n) is 5.68. The summed E-state index contributed by atoms with van der Waals surface area (Å²) in [5.74, 6) is 2.54. The molecule has 0 bridgehead atoms. The number of amides is 1. The maximum atomic E-state index is 12.6. The Balaban J connectivity index is 1.41. The number of rotatable bonds is 5. The fourth-order valence-electron chi connectivity index (χ4n) is 3.96. The van der Waals surface area contributed by atoms with Gasteiger partial charge in [-0.25, -0.2) is 0 Å². The molecule has 2 heterocycles. The highest BCUT2D eigenvalue weighted by molar-refractivity contribution is 5.78. The minimum Gasteiger partial charge on any atom is -0.381 e. The van der Waals surface area contributed by atoms with Crippen LogP contribution in [0.1, 0.15) is 30.7 Å². The standard InChI is InChI=1S/C20H26N4O2/c1-13-4-3-5-15(8-13)19-23-22-18-7-6-16(12-24(18)19)20(25)21-11-14-9-17(10-14)26-2/h3-5,8,14,16-17H,6-7,9-12H2,1-2H3,(H,21,25). The van der Waals surface area contributed by atoms with Crippen LogP contribution in [-0.2, 0) is 22.5 Å². The fourth-order valence-corrected chi connectivity index (χ4v) is 3.96. The molecule has 1 aliphatic heterocycles. The predicted octanol–water partition coefficient (Wildman–Crippen LogP) is 2.36. The van der Waals surface area contributed by atoms with Crippen LogP contribution in [0.4, 0.5) is 0 Å². The number of hydrogen-bond donors (Lipinski definition) is 1. The van der Waals surface area contributed by atoms with Crippen LogP contribution in [0.2, 0.25) is 0 Å². The second-order valence-corrected chi connectivity index (χ2v) is 7.60. The van der Waals surface area contributed by atoms with Gasteiger partial charge >= 0.3 is 0 Å². The van der Waals surface area contributed by atoms with Gasteiger partial charge in [0.2, 0.25) is 5.91 Å². The van der Waals surface area contributed by atoms with E-state index in [0.29, 0.717) is 18.6 Å². The van der Waals surface area contributed by atoms with Gasteiger partial charge in [-0.15, -0.1) is 10.2 Å². The van der Waals surface area contributed by atoms with Crippen LogP contribution in [0.3, 0.4) is 0 Å². The van der Waals surface area contributed by atoms with Crippen molar-refractivity contribution in [1.82, 2.24) is 20.1 Å². The van der Waals surface area contributed by atoms with Crippen molar-refractivity contribution in [1.29, 1.82) is 0 Å². The van der Waals surface area contributed by atoms with Gasteiger partial charge in [0.15, 0.2) is 5.82 Å². The first-order valence-electron chi connectivity index (χ1n) is 9.43. The van der Waals surface area contributed by atoms with E-state index in [1.807, 2.05) is 6.07 Å². The van der Waals surface area contributed by atoms with Gasteiger partial charge in [0.05, 0.1) is 12.0 Å². The maximum Gasteiger partial charge on any atom is 0.224 e. The molecule has 26 heavy (non-hydrogen) atoms. The van der Waals surface area contributed by atoms with Crippen molar-refractivity contribution >= 4 is 5.91 Å². The molecule has 0 saturated heterocycles. The average Bonchev–Trinajstić information content (AvgIpc) is 3.03. The summed E-state index contributed by atoms with van der Waals surface area (Å²) >= 11 is 0. The Morgan fingerprint density at radius 2 is 2.19 bits per heavy atom. The highest BCUT2D eigenvalue weighted by atomic mass is 16.5. The number of methoxy groups -OCH3 is 1. The molecule has 1 fully saturated rings. The number of hydrogen-bond acceptors (Lipinski definition) is 4. The lowest BCUT2D eigenvalue weighted by atomic mass is 9.82. The molecule has 1 saturated carbocycles. The van der Waals surface area contributed by atoms with E-state index in [-0.39, 0.29) is 11.8 Å². The lowest BCUT2D eigenvalue weighted by Gasteiger charge is -2.34. The van der Waals surface area contributed by atoms with Crippen molar-refractivity contribution in [3.63, 3.8) is 0 Å². The lowest BCUT2D eigenvalue weighted by Crippen LogP contribution is -2.42. The molecule has 4 rings (SSSR count). The Bertz CT molecular complexity index is 795. The van der Waals surface area contributed by atoms with Gasteiger partial charge in [-0.2, -0.15) is 0 Å². The first kappa shape index (κ1) is 17.2. The number of carbonyl (C=O) groups is 1. The number of nitrogens with one attached hydrogen (secondary N) is 1. The average molecular weight is 354 g/mol. The zero-order valence-electron chi connectivity index (χ0n) is 15.4.